The van der Waals surface area contributed by atoms with Gasteiger partial charge in [-0.25, -0.2) is 5.48 Å². The highest BCUT2D eigenvalue weighted by Gasteiger charge is 2.25. The van der Waals surface area contributed by atoms with Gasteiger partial charge in [-0.05, 0) is 43.2 Å². The van der Waals surface area contributed by atoms with E-state index in [0.29, 0.717) is 18.8 Å². The number of benzene rings is 2. The molecule has 0 unspecified atom stereocenters. The smallest absolute Gasteiger partial charge is 0.251 e. The predicted molar refractivity (Wildman–Crippen MR) is 122 cm³/mol. The number of hydroxylamine groups is 1. The number of amides is 2. The number of nitrogens with one attached hydrogen (secondary N) is 2. The van der Waals surface area contributed by atoms with E-state index in [1.54, 1.807) is 29.7 Å². The molecule has 0 aromatic heterocycles. The molecule has 8 nitrogen and oxygen atoms in total. The quantitative estimate of drug-likeness (QED) is 0.156. The molecule has 0 fully saturated rings. The molecule has 174 valence electrons. The molecule has 2 aromatic carbocycles. The molecule has 0 radical (unpaired) electrons. The largest absolute Gasteiger partial charge is 0.376 e. The van der Waals surface area contributed by atoms with Gasteiger partial charge in [0.05, 0.1) is 31.8 Å². The summed E-state index contributed by atoms with van der Waals surface area (Å²) in [5.74, 6) is -1.59. The normalized spacial score (nSPS) is 12.7. The second-order valence-corrected chi connectivity index (χ2v) is 7.98. The minimum Gasteiger partial charge on any atom is -0.376 e. The van der Waals surface area contributed by atoms with Crippen molar-refractivity contribution in [1.29, 1.82) is 0 Å². The van der Waals surface area contributed by atoms with Crippen molar-refractivity contribution >= 4 is 27.7 Å². The third-order valence-corrected chi connectivity index (χ3v) is 5.14. The molecule has 3 N–H and O–H groups in total. The van der Waals surface area contributed by atoms with Crippen LogP contribution in [-0.4, -0.2) is 49.7 Å². The first-order chi connectivity index (χ1) is 15.5. The highest BCUT2D eigenvalue weighted by atomic mass is 79.9. The van der Waals surface area contributed by atoms with Crippen molar-refractivity contribution in [2.75, 3.05) is 26.6 Å². The Morgan fingerprint density at radius 1 is 1.00 bits per heavy atom. The van der Waals surface area contributed by atoms with Gasteiger partial charge in [-0.2, -0.15) is 0 Å². The van der Waals surface area contributed by atoms with Crippen LogP contribution in [0.15, 0.2) is 59.1 Å². The molecule has 0 saturated heterocycles. The Labute approximate surface area is 196 Å². The van der Waals surface area contributed by atoms with Crippen LogP contribution < -0.4 is 10.8 Å². The minimum atomic E-state index is -0.699. The van der Waals surface area contributed by atoms with Crippen LogP contribution in [0.1, 0.15) is 29.3 Å². The van der Waals surface area contributed by atoms with E-state index < -0.39 is 17.9 Å². The monoisotopic (exact) mass is 508 g/mol. The van der Waals surface area contributed by atoms with Gasteiger partial charge >= 0.3 is 0 Å². The second kappa shape index (κ2) is 14.7. The summed E-state index contributed by atoms with van der Waals surface area (Å²) in [7, 11) is 0. The van der Waals surface area contributed by atoms with Gasteiger partial charge in [0.2, 0.25) is 5.91 Å². The van der Waals surface area contributed by atoms with Crippen LogP contribution in [0, 0.1) is 5.92 Å². The molecule has 0 aliphatic heterocycles. The molecule has 0 aliphatic carbocycles. The SMILES string of the molecule is CCOCOC[C@H](C[C@H](COCc1ccccc1)C(=O)NO)NC(=O)c1ccc(Br)cc1. The Bertz CT molecular complexity index is 819. The molecule has 0 saturated carbocycles. The number of hydrogen-bond acceptors (Lipinski definition) is 6. The molecule has 2 aromatic rings. The van der Waals surface area contributed by atoms with Crippen LogP contribution in [0.5, 0.6) is 0 Å². The fourth-order valence-corrected chi connectivity index (χ4v) is 3.21. The fourth-order valence-electron chi connectivity index (χ4n) is 2.95. The van der Waals surface area contributed by atoms with Gasteiger partial charge in [0.15, 0.2) is 0 Å². The zero-order valence-corrected chi connectivity index (χ0v) is 19.5. The highest BCUT2D eigenvalue weighted by Crippen LogP contribution is 2.14. The van der Waals surface area contributed by atoms with Crippen LogP contribution in [0.25, 0.3) is 0 Å². The maximum absolute atomic E-state index is 12.7. The predicted octanol–water partition coefficient (Wildman–Crippen LogP) is 3.29. The zero-order valence-electron chi connectivity index (χ0n) is 18.0. The lowest BCUT2D eigenvalue weighted by molar-refractivity contribution is -0.136. The maximum Gasteiger partial charge on any atom is 0.251 e. The van der Waals surface area contributed by atoms with Gasteiger partial charge in [-0.3, -0.25) is 14.8 Å². The Hall–Kier alpha value is -2.30. The number of ether oxygens (including phenoxy) is 3. The number of carbonyl (C=O) groups excluding carboxylic acids is 2. The van der Waals surface area contributed by atoms with E-state index in [1.807, 2.05) is 37.3 Å². The Balaban J connectivity index is 2.01. The first kappa shape index (κ1) is 26.0. The Morgan fingerprint density at radius 2 is 1.72 bits per heavy atom. The number of hydrogen-bond donors (Lipinski definition) is 3. The lowest BCUT2D eigenvalue weighted by Gasteiger charge is -2.23. The molecular weight excluding hydrogens is 480 g/mol. The first-order valence-electron chi connectivity index (χ1n) is 10.3. The van der Waals surface area contributed by atoms with Gasteiger partial charge < -0.3 is 19.5 Å². The molecule has 9 heteroatoms. The van der Waals surface area contributed by atoms with Crippen LogP contribution in [0.2, 0.25) is 0 Å². The van der Waals surface area contributed by atoms with Gasteiger partial charge in [0.25, 0.3) is 5.91 Å². The third kappa shape index (κ3) is 9.46. The van der Waals surface area contributed by atoms with Crippen molar-refractivity contribution < 1.29 is 29.0 Å². The fraction of sp³-hybridized carbons (Fsp3) is 0.391. The lowest BCUT2D eigenvalue weighted by Crippen LogP contribution is -2.43. The van der Waals surface area contributed by atoms with E-state index in [9.17, 15) is 9.59 Å². The van der Waals surface area contributed by atoms with E-state index in [-0.39, 0.29) is 32.3 Å². The van der Waals surface area contributed by atoms with Crippen LogP contribution in [0.4, 0.5) is 0 Å². The van der Waals surface area contributed by atoms with Crippen molar-refractivity contribution in [2.45, 2.75) is 26.0 Å². The van der Waals surface area contributed by atoms with E-state index in [1.165, 1.54) is 0 Å². The molecule has 0 spiro atoms. The van der Waals surface area contributed by atoms with Crippen molar-refractivity contribution in [3.8, 4) is 0 Å². The standard InChI is InChI=1S/C23H29BrN2O6/c1-2-30-16-32-15-21(25-22(27)18-8-10-20(24)11-9-18)12-19(23(28)26-29)14-31-13-17-6-4-3-5-7-17/h3-11,19,21,29H,2,12-16H2,1H3,(H,25,27)(H,26,28)/t19-,21+/m1/s1. The van der Waals surface area contributed by atoms with Crippen LogP contribution >= 0.6 is 15.9 Å². The molecule has 2 atom stereocenters. The average molecular weight is 509 g/mol. The van der Waals surface area contributed by atoms with Gasteiger partial charge in [-0.1, -0.05) is 46.3 Å². The molecule has 0 aliphatic rings. The zero-order chi connectivity index (χ0) is 23.2. The maximum atomic E-state index is 12.7. The van der Waals surface area contributed by atoms with Gasteiger partial charge in [-0.15, -0.1) is 0 Å². The summed E-state index contributed by atoms with van der Waals surface area (Å²) < 4.78 is 17.2. The summed E-state index contributed by atoms with van der Waals surface area (Å²) in [6.45, 7) is 2.95. The Morgan fingerprint density at radius 3 is 2.38 bits per heavy atom. The van der Waals surface area contributed by atoms with Crippen molar-refractivity contribution in [2.24, 2.45) is 5.92 Å². The number of rotatable bonds is 14. The van der Waals surface area contributed by atoms with E-state index >= 15 is 0 Å². The molecule has 0 bridgehead atoms. The summed E-state index contributed by atoms with van der Waals surface area (Å²) in [5.41, 5.74) is 3.13. The summed E-state index contributed by atoms with van der Waals surface area (Å²) in [4.78, 5) is 24.9. The summed E-state index contributed by atoms with van der Waals surface area (Å²) in [6, 6.07) is 16.0. The summed E-state index contributed by atoms with van der Waals surface area (Å²) in [5, 5.41) is 12.1. The molecule has 0 heterocycles. The topological polar surface area (TPSA) is 106 Å². The molecule has 32 heavy (non-hydrogen) atoms. The van der Waals surface area contributed by atoms with Crippen LogP contribution in [-0.2, 0) is 25.6 Å². The third-order valence-electron chi connectivity index (χ3n) is 4.61. The second-order valence-electron chi connectivity index (χ2n) is 7.07. The van der Waals surface area contributed by atoms with Crippen molar-refractivity contribution in [3.05, 3.63) is 70.2 Å². The van der Waals surface area contributed by atoms with E-state index in [0.717, 1.165) is 10.0 Å². The number of carbonyl (C=O) groups is 2. The van der Waals surface area contributed by atoms with Gasteiger partial charge in [0, 0.05) is 16.6 Å². The average Bonchev–Trinajstić information content (AvgIpc) is 2.81. The highest BCUT2D eigenvalue weighted by molar-refractivity contribution is 9.10. The van der Waals surface area contributed by atoms with Crippen molar-refractivity contribution in [3.63, 3.8) is 0 Å². The minimum absolute atomic E-state index is 0.0669. The summed E-state index contributed by atoms with van der Waals surface area (Å²) >= 11 is 3.34. The summed E-state index contributed by atoms with van der Waals surface area (Å²) in [6.07, 6.45) is 0.204. The number of halogens is 1. The van der Waals surface area contributed by atoms with Crippen molar-refractivity contribution in [1.82, 2.24) is 10.8 Å². The molecule has 2 rings (SSSR count). The lowest BCUT2D eigenvalue weighted by atomic mass is 9.99. The van der Waals surface area contributed by atoms with Crippen LogP contribution in [0.3, 0.4) is 0 Å². The molecule has 2 amide bonds. The Kier molecular flexibility index (Phi) is 11.9. The first-order valence-corrected chi connectivity index (χ1v) is 11.1. The van der Waals surface area contributed by atoms with Gasteiger partial charge in [0.1, 0.15) is 6.79 Å². The van der Waals surface area contributed by atoms with E-state index in [4.69, 9.17) is 19.4 Å². The van der Waals surface area contributed by atoms with E-state index in [2.05, 4.69) is 21.2 Å². The molecular formula is C23H29BrN2O6.